The van der Waals surface area contributed by atoms with E-state index in [9.17, 15) is 15.0 Å². The molecule has 2 heterocycles. The van der Waals surface area contributed by atoms with Crippen molar-refractivity contribution in [3.8, 4) is 11.4 Å². The third kappa shape index (κ3) is 1.91. The molecule has 0 radical (unpaired) electrons. The van der Waals surface area contributed by atoms with Crippen molar-refractivity contribution in [2.75, 3.05) is 0 Å². The van der Waals surface area contributed by atoms with Crippen molar-refractivity contribution in [1.82, 2.24) is 9.55 Å². The zero-order valence-electron chi connectivity index (χ0n) is 11.2. The molecule has 1 aliphatic rings. The summed E-state index contributed by atoms with van der Waals surface area (Å²) in [5.41, 5.74) is 2.35. The number of carboxylic acids is 1. The lowest BCUT2D eigenvalue weighted by Gasteiger charge is -2.22. The minimum atomic E-state index is -1.09. The molecule has 0 saturated heterocycles. The number of imidazole rings is 1. The molecule has 0 spiro atoms. The first kappa shape index (κ1) is 12.9. The van der Waals surface area contributed by atoms with Crippen LogP contribution in [-0.2, 0) is 6.54 Å². The van der Waals surface area contributed by atoms with E-state index < -0.39 is 12.1 Å². The number of fused-ring (bicyclic) bond motifs is 1. The topological polar surface area (TPSA) is 75.3 Å². The van der Waals surface area contributed by atoms with E-state index in [1.165, 1.54) is 0 Å². The lowest BCUT2D eigenvalue weighted by Crippen LogP contribution is -2.18. The van der Waals surface area contributed by atoms with Gasteiger partial charge in [0.2, 0.25) is 0 Å². The van der Waals surface area contributed by atoms with Gasteiger partial charge in [0, 0.05) is 12.1 Å². The second-order valence-electron chi connectivity index (χ2n) is 5.10. The van der Waals surface area contributed by atoms with Crippen LogP contribution in [0, 0.1) is 6.92 Å². The van der Waals surface area contributed by atoms with Gasteiger partial charge < -0.3 is 14.8 Å². The van der Waals surface area contributed by atoms with Gasteiger partial charge in [-0.2, -0.15) is 0 Å². The predicted octanol–water partition coefficient (Wildman–Crippen LogP) is 2.38. The van der Waals surface area contributed by atoms with Gasteiger partial charge in [0.1, 0.15) is 5.82 Å². The Bertz CT molecular complexity index is 676. The Labute approximate surface area is 116 Å². The first-order chi connectivity index (χ1) is 9.59. The second-order valence-corrected chi connectivity index (χ2v) is 5.10. The van der Waals surface area contributed by atoms with E-state index >= 15 is 0 Å². The van der Waals surface area contributed by atoms with Crippen LogP contribution in [0.25, 0.3) is 11.4 Å². The van der Waals surface area contributed by atoms with Crippen LogP contribution < -0.4 is 0 Å². The van der Waals surface area contributed by atoms with E-state index in [1.54, 1.807) is 0 Å². The minimum absolute atomic E-state index is 0.0320. The molecule has 5 nitrogen and oxygen atoms in total. The Morgan fingerprint density at radius 2 is 2.15 bits per heavy atom. The van der Waals surface area contributed by atoms with Gasteiger partial charge in [0.15, 0.2) is 5.69 Å². The maximum atomic E-state index is 11.4. The number of hydrogen-bond donors (Lipinski definition) is 2. The van der Waals surface area contributed by atoms with E-state index in [4.69, 9.17) is 0 Å². The molecule has 1 aromatic carbocycles. The maximum Gasteiger partial charge on any atom is 0.356 e. The van der Waals surface area contributed by atoms with Crippen LogP contribution >= 0.6 is 0 Å². The standard InChI is InChI=1S/C15H16N2O3/c1-9-5-2-3-6-10(9)14-16-12(15(19)20)13-11(18)7-4-8-17(13)14/h2-3,5-6,11,18H,4,7-8H2,1H3,(H,19,20). The summed E-state index contributed by atoms with van der Waals surface area (Å²) in [6.07, 6.45) is 0.655. The molecule has 1 aliphatic heterocycles. The third-order valence-electron chi connectivity index (χ3n) is 3.77. The number of carbonyl (C=O) groups is 1. The van der Waals surface area contributed by atoms with E-state index in [1.807, 2.05) is 35.8 Å². The summed E-state index contributed by atoms with van der Waals surface area (Å²) < 4.78 is 1.85. The van der Waals surface area contributed by atoms with Crippen molar-refractivity contribution in [3.63, 3.8) is 0 Å². The predicted molar refractivity (Wildman–Crippen MR) is 73.6 cm³/mol. The molecule has 2 N–H and O–H groups in total. The Morgan fingerprint density at radius 3 is 2.85 bits per heavy atom. The van der Waals surface area contributed by atoms with Gasteiger partial charge in [-0.15, -0.1) is 0 Å². The zero-order chi connectivity index (χ0) is 14.3. The fourth-order valence-electron chi connectivity index (χ4n) is 2.80. The molecule has 1 unspecified atom stereocenters. The summed E-state index contributed by atoms with van der Waals surface area (Å²) in [6, 6.07) is 7.74. The molecule has 0 aliphatic carbocycles. The number of nitrogens with zero attached hydrogens (tertiary/aromatic N) is 2. The highest BCUT2D eigenvalue weighted by Gasteiger charge is 2.30. The molecular formula is C15H16N2O3. The lowest BCUT2D eigenvalue weighted by atomic mass is 10.0. The van der Waals surface area contributed by atoms with Crippen molar-refractivity contribution >= 4 is 5.97 Å². The van der Waals surface area contributed by atoms with Gasteiger partial charge in [0.25, 0.3) is 0 Å². The Balaban J connectivity index is 2.25. The third-order valence-corrected chi connectivity index (χ3v) is 3.77. The van der Waals surface area contributed by atoms with Crippen molar-refractivity contribution in [2.24, 2.45) is 0 Å². The molecule has 0 saturated carbocycles. The number of aliphatic hydroxyl groups is 1. The Kier molecular flexibility index (Phi) is 3.06. The number of benzene rings is 1. The number of hydrogen-bond acceptors (Lipinski definition) is 3. The molecule has 5 heteroatoms. The second kappa shape index (κ2) is 4.76. The van der Waals surface area contributed by atoms with Crippen LogP contribution in [0.2, 0.25) is 0 Å². The molecule has 0 bridgehead atoms. The monoisotopic (exact) mass is 272 g/mol. The molecular weight excluding hydrogens is 256 g/mol. The largest absolute Gasteiger partial charge is 0.476 e. The molecule has 0 fully saturated rings. The van der Waals surface area contributed by atoms with Crippen LogP contribution in [0.5, 0.6) is 0 Å². The molecule has 3 rings (SSSR count). The summed E-state index contributed by atoms with van der Waals surface area (Å²) in [5.74, 6) is -0.455. The SMILES string of the molecule is Cc1ccccc1-c1nc(C(=O)O)c2n1CCCC2O. The van der Waals surface area contributed by atoms with Crippen LogP contribution in [-0.4, -0.2) is 25.7 Å². The fourth-order valence-corrected chi connectivity index (χ4v) is 2.80. The number of aryl methyl sites for hydroxylation is 1. The van der Waals surface area contributed by atoms with Crippen molar-refractivity contribution in [3.05, 3.63) is 41.2 Å². The average molecular weight is 272 g/mol. The lowest BCUT2D eigenvalue weighted by molar-refractivity contribution is 0.0677. The summed E-state index contributed by atoms with van der Waals surface area (Å²) in [6.45, 7) is 2.66. The number of rotatable bonds is 2. The fraction of sp³-hybridized carbons (Fsp3) is 0.333. The quantitative estimate of drug-likeness (QED) is 0.880. The van der Waals surface area contributed by atoms with Crippen molar-refractivity contribution in [2.45, 2.75) is 32.4 Å². The van der Waals surface area contributed by atoms with Crippen molar-refractivity contribution in [1.29, 1.82) is 0 Å². The number of aliphatic hydroxyl groups excluding tert-OH is 1. The molecule has 20 heavy (non-hydrogen) atoms. The smallest absolute Gasteiger partial charge is 0.356 e. The molecule has 1 atom stereocenters. The molecule has 0 amide bonds. The Hall–Kier alpha value is -2.14. The highest BCUT2D eigenvalue weighted by Crippen LogP contribution is 2.34. The summed E-state index contributed by atoms with van der Waals surface area (Å²) in [5, 5.41) is 19.4. The highest BCUT2D eigenvalue weighted by molar-refractivity contribution is 5.88. The van der Waals surface area contributed by atoms with E-state index in [-0.39, 0.29) is 5.69 Å². The van der Waals surface area contributed by atoms with Crippen LogP contribution in [0.4, 0.5) is 0 Å². The number of carboxylic acid groups (broad SMARTS) is 1. The summed E-state index contributed by atoms with van der Waals surface area (Å²) in [7, 11) is 0. The van der Waals surface area contributed by atoms with Gasteiger partial charge in [-0.05, 0) is 25.3 Å². The maximum absolute atomic E-state index is 11.4. The van der Waals surface area contributed by atoms with E-state index in [2.05, 4.69) is 4.98 Å². The van der Waals surface area contributed by atoms with Crippen LogP contribution in [0.15, 0.2) is 24.3 Å². The molecule has 104 valence electrons. The average Bonchev–Trinajstić information content (AvgIpc) is 2.80. The van der Waals surface area contributed by atoms with Gasteiger partial charge in [-0.3, -0.25) is 0 Å². The van der Waals surface area contributed by atoms with Gasteiger partial charge in [-0.25, -0.2) is 9.78 Å². The normalized spacial score (nSPS) is 17.8. The van der Waals surface area contributed by atoms with Gasteiger partial charge >= 0.3 is 5.97 Å². The van der Waals surface area contributed by atoms with E-state index in [0.717, 1.165) is 17.5 Å². The Morgan fingerprint density at radius 1 is 1.40 bits per heavy atom. The van der Waals surface area contributed by atoms with E-state index in [0.29, 0.717) is 24.5 Å². The van der Waals surface area contributed by atoms with Crippen LogP contribution in [0.3, 0.4) is 0 Å². The van der Waals surface area contributed by atoms with Gasteiger partial charge in [-0.1, -0.05) is 24.3 Å². The summed E-state index contributed by atoms with van der Waals surface area (Å²) in [4.78, 5) is 15.6. The first-order valence-corrected chi connectivity index (χ1v) is 6.67. The molecule has 2 aromatic rings. The van der Waals surface area contributed by atoms with Crippen LogP contribution in [0.1, 0.15) is 40.7 Å². The highest BCUT2D eigenvalue weighted by atomic mass is 16.4. The molecule has 1 aromatic heterocycles. The van der Waals surface area contributed by atoms with Crippen molar-refractivity contribution < 1.29 is 15.0 Å². The minimum Gasteiger partial charge on any atom is -0.476 e. The zero-order valence-corrected chi connectivity index (χ0v) is 11.2. The van der Waals surface area contributed by atoms with Gasteiger partial charge in [0.05, 0.1) is 11.8 Å². The first-order valence-electron chi connectivity index (χ1n) is 6.67. The number of aromatic carboxylic acids is 1. The number of aromatic nitrogens is 2. The summed E-state index contributed by atoms with van der Waals surface area (Å²) >= 11 is 0.